The van der Waals surface area contributed by atoms with Gasteiger partial charge in [0.15, 0.2) is 0 Å². The lowest BCUT2D eigenvalue weighted by Crippen LogP contribution is -2.15. The van der Waals surface area contributed by atoms with Gasteiger partial charge in [-0.15, -0.1) is 0 Å². The van der Waals surface area contributed by atoms with Gasteiger partial charge in [-0.25, -0.2) is 13.2 Å². The van der Waals surface area contributed by atoms with Crippen LogP contribution < -0.4 is 5.32 Å². The summed E-state index contributed by atoms with van der Waals surface area (Å²) in [5, 5.41) is 6.05. The van der Waals surface area contributed by atoms with Crippen molar-refractivity contribution >= 4 is 11.6 Å². The van der Waals surface area contributed by atoms with Crippen LogP contribution in [0.25, 0.3) is 11.1 Å². The number of aromatic nitrogens is 2. The van der Waals surface area contributed by atoms with Gasteiger partial charge >= 0.3 is 0 Å². The van der Waals surface area contributed by atoms with Gasteiger partial charge in [0.2, 0.25) is 0 Å². The Morgan fingerprint density at radius 3 is 2.50 bits per heavy atom. The first-order chi connectivity index (χ1) is 12.4. The van der Waals surface area contributed by atoms with E-state index >= 15 is 0 Å². The van der Waals surface area contributed by atoms with Crippen molar-refractivity contribution in [3.63, 3.8) is 0 Å². The minimum atomic E-state index is -2.91. The van der Waals surface area contributed by atoms with Crippen LogP contribution in [0.3, 0.4) is 0 Å². The lowest BCUT2D eigenvalue weighted by atomic mass is 10.0. The molecular formula is C19H16F3N3O. The first-order valence-corrected chi connectivity index (χ1v) is 7.86. The molecule has 0 saturated heterocycles. The zero-order valence-corrected chi connectivity index (χ0v) is 14.1. The van der Waals surface area contributed by atoms with Gasteiger partial charge < -0.3 is 5.32 Å². The second-order valence-electron chi connectivity index (χ2n) is 5.84. The molecule has 0 unspecified atom stereocenters. The monoisotopic (exact) mass is 359 g/mol. The predicted molar refractivity (Wildman–Crippen MR) is 92.7 cm³/mol. The van der Waals surface area contributed by atoms with Crippen LogP contribution >= 0.6 is 0 Å². The van der Waals surface area contributed by atoms with E-state index in [2.05, 4.69) is 10.4 Å². The summed E-state index contributed by atoms with van der Waals surface area (Å²) < 4.78 is 42.0. The van der Waals surface area contributed by atoms with Crippen molar-refractivity contribution in [3.8, 4) is 11.1 Å². The summed E-state index contributed by atoms with van der Waals surface area (Å²) in [7, 11) is 1.44. The van der Waals surface area contributed by atoms with Crippen LogP contribution in [0.1, 0.15) is 28.0 Å². The van der Waals surface area contributed by atoms with Crippen molar-refractivity contribution in [2.24, 2.45) is 7.05 Å². The molecule has 0 fully saturated rings. The zero-order chi connectivity index (χ0) is 18.8. The summed E-state index contributed by atoms with van der Waals surface area (Å²) in [5.74, 6) is -1.45. The average Bonchev–Trinajstić information content (AvgIpc) is 3.02. The molecule has 4 nitrogen and oxygen atoms in total. The minimum absolute atomic E-state index is 0.0507. The van der Waals surface area contributed by atoms with E-state index in [0.717, 1.165) is 4.68 Å². The third-order valence-electron chi connectivity index (χ3n) is 3.97. The number of benzene rings is 2. The van der Waals surface area contributed by atoms with Gasteiger partial charge in [0.1, 0.15) is 11.5 Å². The highest BCUT2D eigenvalue weighted by Crippen LogP contribution is 2.33. The molecule has 3 rings (SSSR count). The van der Waals surface area contributed by atoms with Crippen molar-refractivity contribution in [1.82, 2.24) is 9.78 Å². The van der Waals surface area contributed by atoms with Crippen LogP contribution in [0, 0.1) is 12.7 Å². The molecule has 2 aromatic carbocycles. The molecule has 7 heteroatoms. The molecule has 1 heterocycles. The number of amides is 1. The lowest BCUT2D eigenvalue weighted by molar-refractivity contribution is 0.101. The first-order valence-electron chi connectivity index (χ1n) is 7.86. The van der Waals surface area contributed by atoms with Crippen molar-refractivity contribution in [1.29, 1.82) is 0 Å². The average molecular weight is 359 g/mol. The Kier molecular flexibility index (Phi) is 4.79. The molecule has 0 aliphatic carbocycles. The summed E-state index contributed by atoms with van der Waals surface area (Å²) in [6.07, 6.45) is -1.72. The molecule has 1 amide bonds. The van der Waals surface area contributed by atoms with E-state index in [1.807, 2.05) is 6.07 Å². The second kappa shape index (κ2) is 7.03. The molecule has 0 spiro atoms. The Labute approximate surface area is 148 Å². The normalized spacial score (nSPS) is 11.0. The van der Waals surface area contributed by atoms with Crippen molar-refractivity contribution in [3.05, 3.63) is 71.3 Å². The highest BCUT2D eigenvalue weighted by Gasteiger charge is 2.24. The molecule has 26 heavy (non-hydrogen) atoms. The number of anilines is 1. The first kappa shape index (κ1) is 17.7. The SMILES string of the molecule is Cc1ccc(-c2ccccc2)c(NC(=O)c2cn(C)nc2C(F)F)c1F. The molecule has 1 aromatic heterocycles. The van der Waals surface area contributed by atoms with Crippen LogP contribution in [0.15, 0.2) is 48.7 Å². The zero-order valence-electron chi connectivity index (χ0n) is 14.1. The quantitative estimate of drug-likeness (QED) is 0.732. The smallest absolute Gasteiger partial charge is 0.282 e. The Morgan fingerprint density at radius 2 is 1.85 bits per heavy atom. The maximum absolute atomic E-state index is 14.7. The van der Waals surface area contributed by atoms with Crippen molar-refractivity contribution < 1.29 is 18.0 Å². The van der Waals surface area contributed by atoms with E-state index in [1.54, 1.807) is 43.3 Å². The standard InChI is InChI=1S/C19H16F3N3O/c1-11-8-9-13(12-6-4-3-5-7-12)16(15(11)20)23-19(26)14-10-25(2)24-17(14)18(21)22/h3-10,18H,1-2H3,(H,23,26). The molecule has 3 aromatic rings. The fourth-order valence-electron chi connectivity index (χ4n) is 2.68. The van der Waals surface area contributed by atoms with E-state index < -0.39 is 23.8 Å². The summed E-state index contributed by atoms with van der Waals surface area (Å²) in [6.45, 7) is 1.56. The van der Waals surface area contributed by atoms with Crippen molar-refractivity contribution in [2.75, 3.05) is 5.32 Å². The van der Waals surface area contributed by atoms with Gasteiger partial charge in [-0.1, -0.05) is 42.5 Å². The molecule has 0 aliphatic rings. The van der Waals surface area contributed by atoms with E-state index in [0.29, 0.717) is 16.7 Å². The van der Waals surface area contributed by atoms with Crippen LogP contribution in [-0.2, 0) is 7.05 Å². The molecule has 0 bridgehead atoms. The fraction of sp³-hybridized carbons (Fsp3) is 0.158. The Balaban J connectivity index is 2.05. The van der Waals surface area contributed by atoms with Gasteiger partial charge in [0.25, 0.3) is 12.3 Å². The van der Waals surface area contributed by atoms with E-state index in [1.165, 1.54) is 13.2 Å². The predicted octanol–water partition coefficient (Wildman–Crippen LogP) is 4.72. The third kappa shape index (κ3) is 3.33. The number of nitrogens with zero attached hydrogens (tertiary/aromatic N) is 2. The number of halogens is 3. The van der Waals surface area contributed by atoms with Gasteiger partial charge in [0, 0.05) is 18.8 Å². The van der Waals surface area contributed by atoms with Gasteiger partial charge in [-0.3, -0.25) is 9.48 Å². The van der Waals surface area contributed by atoms with Crippen LogP contribution in [0.5, 0.6) is 0 Å². The molecule has 1 N–H and O–H groups in total. The maximum Gasteiger partial charge on any atom is 0.282 e. The molecule has 0 radical (unpaired) electrons. The summed E-state index contributed by atoms with van der Waals surface area (Å²) in [6, 6.07) is 12.2. The topological polar surface area (TPSA) is 46.9 Å². The largest absolute Gasteiger partial charge is 0.319 e. The number of hydrogen-bond acceptors (Lipinski definition) is 2. The third-order valence-corrected chi connectivity index (χ3v) is 3.97. The Hall–Kier alpha value is -3.09. The fourth-order valence-corrected chi connectivity index (χ4v) is 2.68. The highest BCUT2D eigenvalue weighted by molar-refractivity contribution is 6.07. The van der Waals surface area contributed by atoms with Crippen LogP contribution in [0.4, 0.5) is 18.9 Å². The lowest BCUT2D eigenvalue weighted by Gasteiger charge is -2.14. The summed E-state index contributed by atoms with van der Waals surface area (Å²) in [4.78, 5) is 12.5. The van der Waals surface area contributed by atoms with E-state index in [-0.39, 0.29) is 11.3 Å². The number of aryl methyl sites for hydroxylation is 2. The minimum Gasteiger partial charge on any atom is -0.319 e. The van der Waals surface area contributed by atoms with Gasteiger partial charge in [-0.2, -0.15) is 5.10 Å². The highest BCUT2D eigenvalue weighted by atomic mass is 19.3. The molecular weight excluding hydrogens is 343 g/mol. The number of rotatable bonds is 4. The molecule has 0 saturated carbocycles. The van der Waals surface area contributed by atoms with Crippen LogP contribution in [-0.4, -0.2) is 15.7 Å². The van der Waals surface area contributed by atoms with Crippen molar-refractivity contribution in [2.45, 2.75) is 13.3 Å². The number of nitrogens with one attached hydrogen (secondary N) is 1. The number of alkyl halides is 2. The molecule has 0 atom stereocenters. The number of hydrogen-bond donors (Lipinski definition) is 1. The Bertz CT molecular complexity index is 952. The van der Waals surface area contributed by atoms with Gasteiger partial charge in [0.05, 0.1) is 11.3 Å². The summed E-state index contributed by atoms with van der Waals surface area (Å²) in [5.41, 5.74) is 0.513. The van der Waals surface area contributed by atoms with Crippen LogP contribution in [0.2, 0.25) is 0 Å². The number of carbonyl (C=O) groups excluding carboxylic acids is 1. The number of carbonyl (C=O) groups is 1. The van der Waals surface area contributed by atoms with E-state index in [9.17, 15) is 18.0 Å². The Morgan fingerprint density at radius 1 is 1.15 bits per heavy atom. The molecule has 0 aliphatic heterocycles. The van der Waals surface area contributed by atoms with Gasteiger partial charge in [-0.05, 0) is 18.1 Å². The summed E-state index contributed by atoms with van der Waals surface area (Å²) >= 11 is 0. The van der Waals surface area contributed by atoms with E-state index in [4.69, 9.17) is 0 Å². The molecule has 134 valence electrons. The maximum atomic E-state index is 14.7. The second-order valence-corrected chi connectivity index (χ2v) is 5.84.